The Kier molecular flexibility index (Phi) is 5.40. The minimum Gasteiger partial charge on any atom is -0.369 e. The van der Waals surface area contributed by atoms with Crippen LogP contribution >= 0.6 is 0 Å². The number of amides is 1. The van der Waals surface area contributed by atoms with Crippen molar-refractivity contribution in [1.82, 2.24) is 20.2 Å². The van der Waals surface area contributed by atoms with E-state index < -0.39 is 0 Å². The highest BCUT2D eigenvalue weighted by molar-refractivity contribution is 5.80. The summed E-state index contributed by atoms with van der Waals surface area (Å²) in [6.07, 6.45) is 3.38. The monoisotopic (exact) mass is 319 g/mol. The molecule has 1 aromatic heterocycles. The molecule has 0 bridgehead atoms. The highest BCUT2D eigenvalue weighted by Gasteiger charge is 2.19. The second-order valence-corrected chi connectivity index (χ2v) is 6.08. The van der Waals surface area contributed by atoms with Crippen LogP contribution < -0.4 is 10.6 Å². The summed E-state index contributed by atoms with van der Waals surface area (Å²) in [7, 11) is 0. The summed E-state index contributed by atoms with van der Waals surface area (Å²) >= 11 is 0. The molecule has 0 unspecified atom stereocenters. The van der Waals surface area contributed by atoms with Gasteiger partial charge in [0.15, 0.2) is 0 Å². The van der Waals surface area contributed by atoms with Crippen molar-refractivity contribution in [3.63, 3.8) is 0 Å². The van der Waals surface area contributed by atoms with Gasteiger partial charge < -0.3 is 20.3 Å². The minimum absolute atomic E-state index is 0.0520. The van der Waals surface area contributed by atoms with Crippen molar-refractivity contribution in [3.8, 4) is 0 Å². The zero-order chi connectivity index (χ0) is 16.1. The Bertz CT molecular complexity index is 539. The lowest BCUT2D eigenvalue weighted by Gasteiger charge is -2.27. The van der Waals surface area contributed by atoms with E-state index in [9.17, 15) is 4.79 Å². The molecule has 23 heavy (non-hydrogen) atoms. The van der Waals surface area contributed by atoms with Gasteiger partial charge in [-0.05, 0) is 26.2 Å². The molecule has 3 rings (SSSR count). The van der Waals surface area contributed by atoms with Crippen LogP contribution in [-0.4, -0.2) is 60.1 Å². The third kappa shape index (κ3) is 4.39. The van der Waals surface area contributed by atoms with E-state index in [2.05, 4.69) is 20.6 Å². The van der Waals surface area contributed by atoms with Crippen molar-refractivity contribution in [3.05, 3.63) is 17.6 Å². The molecule has 2 saturated heterocycles. The number of piperidine rings is 1. The van der Waals surface area contributed by atoms with E-state index >= 15 is 0 Å². The number of ether oxygens (including phenoxy) is 1. The summed E-state index contributed by atoms with van der Waals surface area (Å²) < 4.78 is 5.74. The molecule has 0 radical (unpaired) electrons. The number of aryl methyl sites for hydroxylation is 1. The van der Waals surface area contributed by atoms with Gasteiger partial charge in [0.2, 0.25) is 5.91 Å². The van der Waals surface area contributed by atoms with Gasteiger partial charge in [-0.2, -0.15) is 0 Å². The molecule has 1 atom stereocenters. The predicted octanol–water partition coefficient (Wildman–Crippen LogP) is 0.870. The lowest BCUT2D eigenvalue weighted by Crippen LogP contribution is -2.39. The van der Waals surface area contributed by atoms with Gasteiger partial charge >= 0.3 is 0 Å². The minimum atomic E-state index is -0.0520. The number of hydrogen-bond donors (Lipinski definition) is 2. The third-order valence-electron chi connectivity index (χ3n) is 4.24. The molecule has 0 aliphatic carbocycles. The van der Waals surface area contributed by atoms with Crippen molar-refractivity contribution in [2.45, 2.75) is 32.3 Å². The predicted molar refractivity (Wildman–Crippen MR) is 87.3 cm³/mol. The molecule has 0 saturated carbocycles. The van der Waals surface area contributed by atoms with Crippen LogP contribution in [0.1, 0.15) is 36.9 Å². The molecule has 2 aliphatic rings. The van der Waals surface area contributed by atoms with Crippen molar-refractivity contribution in [1.29, 1.82) is 0 Å². The van der Waals surface area contributed by atoms with E-state index in [0.717, 1.165) is 44.7 Å². The van der Waals surface area contributed by atoms with Gasteiger partial charge in [0.1, 0.15) is 17.7 Å². The fourth-order valence-electron chi connectivity index (χ4n) is 3.02. The van der Waals surface area contributed by atoms with E-state index in [1.54, 1.807) is 0 Å². The molecule has 3 heterocycles. The van der Waals surface area contributed by atoms with E-state index in [-0.39, 0.29) is 18.6 Å². The Hall–Kier alpha value is -1.73. The molecule has 7 heteroatoms. The smallest absolute Gasteiger partial charge is 0.241 e. The number of carbonyl (C=O) groups is 1. The number of hydrogen-bond acceptors (Lipinski definition) is 6. The topological polar surface area (TPSA) is 79.4 Å². The molecule has 2 aliphatic heterocycles. The SMILES string of the molecule is Cc1nc(NCC(=O)N2CCCCC2)cc([C@H]2CNCCO2)n1. The summed E-state index contributed by atoms with van der Waals surface area (Å²) in [5.74, 6) is 1.51. The van der Waals surface area contributed by atoms with E-state index in [4.69, 9.17) is 4.74 Å². The number of rotatable bonds is 4. The second-order valence-electron chi connectivity index (χ2n) is 6.08. The Balaban J connectivity index is 1.60. The van der Waals surface area contributed by atoms with E-state index in [0.29, 0.717) is 18.2 Å². The lowest BCUT2D eigenvalue weighted by atomic mass is 10.1. The number of likely N-dealkylation sites (tertiary alicyclic amines) is 1. The zero-order valence-electron chi connectivity index (χ0n) is 13.7. The van der Waals surface area contributed by atoms with Gasteiger partial charge in [-0.3, -0.25) is 4.79 Å². The van der Waals surface area contributed by atoms with Crippen LogP contribution in [-0.2, 0) is 9.53 Å². The van der Waals surface area contributed by atoms with Gasteiger partial charge in [-0.1, -0.05) is 0 Å². The van der Waals surface area contributed by atoms with Crippen molar-refractivity contribution >= 4 is 11.7 Å². The first kappa shape index (κ1) is 16.1. The number of nitrogens with zero attached hydrogens (tertiary/aromatic N) is 3. The van der Waals surface area contributed by atoms with Crippen LogP contribution in [0.4, 0.5) is 5.82 Å². The van der Waals surface area contributed by atoms with Crippen molar-refractivity contribution in [2.24, 2.45) is 0 Å². The first-order valence-corrected chi connectivity index (χ1v) is 8.42. The van der Waals surface area contributed by atoms with Gasteiger partial charge in [-0.25, -0.2) is 9.97 Å². The number of morpholine rings is 1. The molecule has 0 spiro atoms. The molecular formula is C16H25N5O2. The summed E-state index contributed by atoms with van der Waals surface area (Å²) in [6, 6.07) is 1.88. The second kappa shape index (κ2) is 7.70. The average Bonchev–Trinajstić information content (AvgIpc) is 2.61. The quantitative estimate of drug-likeness (QED) is 0.857. The van der Waals surface area contributed by atoms with Crippen LogP contribution in [0, 0.1) is 6.92 Å². The average molecular weight is 319 g/mol. The Morgan fingerprint density at radius 1 is 1.39 bits per heavy atom. The fraction of sp³-hybridized carbons (Fsp3) is 0.688. The van der Waals surface area contributed by atoms with Crippen LogP contribution in [0.2, 0.25) is 0 Å². The molecule has 7 nitrogen and oxygen atoms in total. The normalized spacial score (nSPS) is 22.0. The maximum Gasteiger partial charge on any atom is 0.241 e. The first-order chi connectivity index (χ1) is 11.2. The Labute approximate surface area is 136 Å². The first-order valence-electron chi connectivity index (χ1n) is 8.42. The number of anilines is 1. The Morgan fingerprint density at radius 3 is 2.96 bits per heavy atom. The highest BCUT2D eigenvalue weighted by Crippen LogP contribution is 2.19. The molecule has 0 aromatic carbocycles. The third-order valence-corrected chi connectivity index (χ3v) is 4.24. The van der Waals surface area contributed by atoms with Gasteiger partial charge in [0.05, 0.1) is 18.8 Å². The lowest BCUT2D eigenvalue weighted by molar-refractivity contribution is -0.130. The summed E-state index contributed by atoms with van der Waals surface area (Å²) in [5, 5.41) is 6.44. The van der Waals surface area contributed by atoms with Crippen molar-refractivity contribution in [2.75, 3.05) is 44.6 Å². The van der Waals surface area contributed by atoms with E-state index in [1.807, 2.05) is 17.9 Å². The Morgan fingerprint density at radius 2 is 2.22 bits per heavy atom. The van der Waals surface area contributed by atoms with Gasteiger partial charge in [0, 0.05) is 32.2 Å². The van der Waals surface area contributed by atoms with Crippen LogP contribution in [0.5, 0.6) is 0 Å². The molecule has 2 N–H and O–H groups in total. The molecular weight excluding hydrogens is 294 g/mol. The maximum absolute atomic E-state index is 12.2. The highest BCUT2D eigenvalue weighted by atomic mass is 16.5. The summed E-state index contributed by atoms with van der Waals surface area (Å²) in [5.41, 5.74) is 0.859. The molecule has 126 valence electrons. The largest absolute Gasteiger partial charge is 0.369 e. The standard InChI is InChI=1S/C16H25N5O2/c1-12-19-13(14-10-17-5-8-23-14)9-15(20-12)18-11-16(22)21-6-3-2-4-7-21/h9,14,17H,2-8,10-11H2,1H3,(H,18,19,20)/t14-/m1/s1. The molecule has 2 fully saturated rings. The van der Waals surface area contributed by atoms with Gasteiger partial charge in [0.25, 0.3) is 0 Å². The number of nitrogens with one attached hydrogen (secondary N) is 2. The number of aromatic nitrogens is 2. The summed E-state index contributed by atoms with van der Waals surface area (Å²) in [4.78, 5) is 23.0. The summed E-state index contributed by atoms with van der Waals surface area (Å²) in [6.45, 7) is 6.19. The molecule has 1 aromatic rings. The van der Waals surface area contributed by atoms with Crippen LogP contribution in [0.3, 0.4) is 0 Å². The van der Waals surface area contributed by atoms with Crippen LogP contribution in [0.15, 0.2) is 6.07 Å². The number of carbonyl (C=O) groups excluding carboxylic acids is 1. The maximum atomic E-state index is 12.2. The van der Waals surface area contributed by atoms with Crippen molar-refractivity contribution < 1.29 is 9.53 Å². The zero-order valence-corrected chi connectivity index (χ0v) is 13.7. The van der Waals surface area contributed by atoms with Crippen LogP contribution in [0.25, 0.3) is 0 Å². The van der Waals surface area contributed by atoms with E-state index in [1.165, 1.54) is 6.42 Å². The fourth-order valence-corrected chi connectivity index (χ4v) is 3.02. The van der Waals surface area contributed by atoms with Gasteiger partial charge in [-0.15, -0.1) is 0 Å². The molecule has 1 amide bonds.